The molecule has 1 aromatic rings. The lowest BCUT2D eigenvalue weighted by molar-refractivity contribution is -0.384. The maximum Gasteiger partial charge on any atom is 0.293 e. The number of benzene rings is 1. The van der Waals surface area contributed by atoms with Crippen LogP contribution in [0.25, 0.3) is 0 Å². The predicted octanol–water partition coefficient (Wildman–Crippen LogP) is 2.87. The molecule has 0 aromatic heterocycles. The Hall–Kier alpha value is -1.91. The maximum atomic E-state index is 10.9. The number of nitro groups is 1. The third-order valence-electron chi connectivity index (χ3n) is 3.40. The Balaban J connectivity index is 2.10. The number of carbonyl (C=O) groups excluding carboxylic acids is 1. The van der Waals surface area contributed by atoms with Gasteiger partial charge in [0.25, 0.3) is 5.69 Å². The highest BCUT2D eigenvalue weighted by molar-refractivity contribution is 5.79. The van der Waals surface area contributed by atoms with E-state index >= 15 is 0 Å². The van der Waals surface area contributed by atoms with Crippen LogP contribution in [0.1, 0.15) is 30.1 Å². The average Bonchev–Trinajstić information content (AvgIpc) is 3.19. The zero-order valence-electron chi connectivity index (χ0n) is 10.3. The van der Waals surface area contributed by atoms with Crippen LogP contribution in [0.4, 0.5) is 11.4 Å². The zero-order valence-corrected chi connectivity index (χ0v) is 10.3. The summed E-state index contributed by atoms with van der Waals surface area (Å²) >= 11 is 0. The molecule has 0 heterocycles. The minimum absolute atomic E-state index is 0.0393. The summed E-state index contributed by atoms with van der Waals surface area (Å²) in [7, 11) is 0. The molecule has 1 unspecified atom stereocenters. The molecule has 0 bridgehead atoms. The Morgan fingerprint density at radius 1 is 1.56 bits per heavy atom. The van der Waals surface area contributed by atoms with Crippen molar-refractivity contribution in [2.75, 3.05) is 11.9 Å². The molecule has 1 aromatic carbocycles. The van der Waals surface area contributed by atoms with Gasteiger partial charge >= 0.3 is 0 Å². The van der Waals surface area contributed by atoms with Crippen molar-refractivity contribution in [3.8, 4) is 0 Å². The molecule has 1 aliphatic carbocycles. The Morgan fingerprint density at radius 3 is 2.83 bits per heavy atom. The first-order valence-electron chi connectivity index (χ1n) is 6.09. The van der Waals surface area contributed by atoms with Crippen molar-refractivity contribution < 1.29 is 9.72 Å². The van der Waals surface area contributed by atoms with Crippen molar-refractivity contribution in [2.45, 2.75) is 19.8 Å². The molecule has 2 rings (SSSR count). The largest absolute Gasteiger partial charge is 0.379 e. The van der Waals surface area contributed by atoms with Gasteiger partial charge in [-0.2, -0.15) is 0 Å². The summed E-state index contributed by atoms with van der Waals surface area (Å²) < 4.78 is 0. The second-order valence-electron chi connectivity index (χ2n) is 4.85. The van der Waals surface area contributed by atoms with Crippen LogP contribution in [-0.2, 0) is 0 Å². The third-order valence-corrected chi connectivity index (χ3v) is 3.40. The first-order chi connectivity index (χ1) is 8.61. The molecule has 0 aliphatic heterocycles. The zero-order chi connectivity index (χ0) is 13.1. The van der Waals surface area contributed by atoms with Crippen LogP contribution in [0.2, 0.25) is 0 Å². The highest BCUT2D eigenvalue weighted by atomic mass is 16.6. The van der Waals surface area contributed by atoms with Crippen molar-refractivity contribution in [3.05, 3.63) is 33.9 Å². The summed E-state index contributed by atoms with van der Waals surface area (Å²) in [6, 6.07) is 4.49. The molecule has 0 radical (unpaired) electrons. The number of carbonyl (C=O) groups is 1. The molecule has 1 saturated carbocycles. The Bertz CT molecular complexity index is 469. The van der Waals surface area contributed by atoms with Crippen molar-refractivity contribution in [3.63, 3.8) is 0 Å². The summed E-state index contributed by atoms with van der Waals surface area (Å²) in [4.78, 5) is 21.1. The van der Waals surface area contributed by atoms with E-state index in [1.807, 2.05) is 0 Å². The van der Waals surface area contributed by atoms with Crippen molar-refractivity contribution in [2.24, 2.45) is 11.8 Å². The quantitative estimate of drug-likeness (QED) is 0.477. The van der Waals surface area contributed by atoms with E-state index in [4.69, 9.17) is 0 Å². The van der Waals surface area contributed by atoms with Crippen molar-refractivity contribution >= 4 is 17.7 Å². The number of hydrogen-bond acceptors (Lipinski definition) is 4. The summed E-state index contributed by atoms with van der Waals surface area (Å²) in [5, 5.41) is 14.0. The molecule has 1 atom stereocenters. The SMILES string of the molecule is CC(CNc1ccc(C=O)cc1[N+](=O)[O-])C1CC1. The van der Waals surface area contributed by atoms with E-state index in [1.165, 1.54) is 18.9 Å². The molecule has 0 amide bonds. The number of anilines is 1. The van der Waals surface area contributed by atoms with E-state index in [0.717, 1.165) is 12.5 Å². The lowest BCUT2D eigenvalue weighted by Crippen LogP contribution is -2.13. The summed E-state index contributed by atoms with van der Waals surface area (Å²) in [6.07, 6.45) is 3.13. The van der Waals surface area contributed by atoms with Crippen LogP contribution >= 0.6 is 0 Å². The van der Waals surface area contributed by atoms with Crippen LogP contribution in [0, 0.1) is 22.0 Å². The topological polar surface area (TPSA) is 72.2 Å². The van der Waals surface area contributed by atoms with Gasteiger partial charge in [-0.05, 0) is 36.8 Å². The van der Waals surface area contributed by atoms with Crippen LogP contribution in [-0.4, -0.2) is 17.8 Å². The molecule has 18 heavy (non-hydrogen) atoms. The molecule has 5 nitrogen and oxygen atoms in total. The molecule has 0 spiro atoms. The molecule has 1 aliphatic rings. The van der Waals surface area contributed by atoms with E-state index in [9.17, 15) is 14.9 Å². The van der Waals surface area contributed by atoms with Gasteiger partial charge in [-0.25, -0.2) is 0 Å². The normalized spacial score (nSPS) is 16.1. The van der Waals surface area contributed by atoms with E-state index in [1.54, 1.807) is 12.1 Å². The lowest BCUT2D eigenvalue weighted by Gasteiger charge is -2.12. The molecule has 5 heteroatoms. The summed E-state index contributed by atoms with van der Waals surface area (Å²) in [5.74, 6) is 1.28. The van der Waals surface area contributed by atoms with Crippen molar-refractivity contribution in [1.82, 2.24) is 0 Å². The Labute approximate surface area is 105 Å². The van der Waals surface area contributed by atoms with Gasteiger partial charge in [0.15, 0.2) is 0 Å². The fourth-order valence-corrected chi connectivity index (χ4v) is 2.03. The second-order valence-corrected chi connectivity index (χ2v) is 4.85. The number of nitro benzene ring substituents is 1. The van der Waals surface area contributed by atoms with Crippen LogP contribution in [0.15, 0.2) is 18.2 Å². The number of nitrogens with zero attached hydrogens (tertiary/aromatic N) is 1. The maximum absolute atomic E-state index is 10.9. The number of rotatable bonds is 6. The smallest absolute Gasteiger partial charge is 0.293 e. The highest BCUT2D eigenvalue weighted by Crippen LogP contribution is 2.37. The second kappa shape index (κ2) is 5.16. The van der Waals surface area contributed by atoms with Crippen LogP contribution in [0.5, 0.6) is 0 Å². The van der Waals surface area contributed by atoms with Crippen molar-refractivity contribution in [1.29, 1.82) is 0 Å². The average molecular weight is 248 g/mol. The molecule has 96 valence electrons. The van der Waals surface area contributed by atoms with Gasteiger partial charge in [0, 0.05) is 18.2 Å². The van der Waals surface area contributed by atoms with Crippen LogP contribution < -0.4 is 5.32 Å². The molecule has 0 saturated heterocycles. The standard InChI is InChI=1S/C13H16N2O3/c1-9(11-3-4-11)7-14-12-5-2-10(8-16)6-13(12)15(17)18/h2,5-6,8-9,11,14H,3-4,7H2,1H3. The number of aldehydes is 1. The lowest BCUT2D eigenvalue weighted by atomic mass is 10.1. The van der Waals surface area contributed by atoms with Gasteiger partial charge < -0.3 is 5.32 Å². The Morgan fingerprint density at radius 2 is 2.28 bits per heavy atom. The molecular formula is C13H16N2O3. The predicted molar refractivity (Wildman–Crippen MR) is 68.9 cm³/mol. The van der Waals surface area contributed by atoms with E-state index in [2.05, 4.69) is 12.2 Å². The minimum Gasteiger partial charge on any atom is -0.379 e. The van der Waals surface area contributed by atoms with E-state index in [0.29, 0.717) is 23.5 Å². The van der Waals surface area contributed by atoms with Gasteiger partial charge in [0.1, 0.15) is 12.0 Å². The summed E-state index contributed by atoms with van der Waals surface area (Å²) in [5.41, 5.74) is 0.767. The van der Waals surface area contributed by atoms with Crippen LogP contribution in [0.3, 0.4) is 0 Å². The van der Waals surface area contributed by atoms with Gasteiger partial charge in [-0.1, -0.05) is 6.92 Å². The van der Waals surface area contributed by atoms with E-state index < -0.39 is 4.92 Å². The first kappa shape index (κ1) is 12.5. The van der Waals surface area contributed by atoms with Gasteiger partial charge in [-0.15, -0.1) is 0 Å². The summed E-state index contributed by atoms with van der Waals surface area (Å²) in [6.45, 7) is 2.88. The van der Waals surface area contributed by atoms with Gasteiger partial charge in [-0.3, -0.25) is 14.9 Å². The van der Waals surface area contributed by atoms with Gasteiger partial charge in [0.2, 0.25) is 0 Å². The fraction of sp³-hybridized carbons (Fsp3) is 0.462. The minimum atomic E-state index is -0.461. The van der Waals surface area contributed by atoms with Gasteiger partial charge in [0.05, 0.1) is 4.92 Å². The Kier molecular flexibility index (Phi) is 3.60. The fourth-order valence-electron chi connectivity index (χ4n) is 2.03. The number of nitrogens with one attached hydrogen (secondary N) is 1. The molecular weight excluding hydrogens is 232 g/mol. The van der Waals surface area contributed by atoms with E-state index in [-0.39, 0.29) is 5.69 Å². The monoisotopic (exact) mass is 248 g/mol. The first-order valence-corrected chi connectivity index (χ1v) is 6.09. The molecule has 1 N–H and O–H groups in total. The highest BCUT2D eigenvalue weighted by Gasteiger charge is 2.28. The third kappa shape index (κ3) is 2.85. The molecule has 1 fully saturated rings. The number of hydrogen-bond donors (Lipinski definition) is 1.